The minimum Gasteiger partial charge on any atom is -0.515 e. The summed E-state index contributed by atoms with van der Waals surface area (Å²) in [5.74, 6) is -0.000602. The summed E-state index contributed by atoms with van der Waals surface area (Å²) in [7, 11) is 0. The van der Waals surface area contributed by atoms with Gasteiger partial charge in [0.25, 0.3) is 0 Å². The Morgan fingerprint density at radius 1 is 1.67 bits per heavy atom. The van der Waals surface area contributed by atoms with Crippen LogP contribution in [0.5, 0.6) is 0 Å². The summed E-state index contributed by atoms with van der Waals surface area (Å²) >= 11 is 0. The molecule has 0 aromatic rings. The minimum absolute atomic E-state index is 0.000602. The zero-order valence-corrected chi connectivity index (χ0v) is 5.63. The van der Waals surface area contributed by atoms with Crippen LogP contribution in [0, 0.1) is 0 Å². The monoisotopic (exact) mass is 128 g/mol. The lowest BCUT2D eigenvalue weighted by molar-refractivity contribution is -0.114. The van der Waals surface area contributed by atoms with Gasteiger partial charge in [-0.05, 0) is 6.42 Å². The highest BCUT2D eigenvalue weighted by molar-refractivity contribution is 5.89. The van der Waals surface area contributed by atoms with Gasteiger partial charge in [0.15, 0.2) is 5.78 Å². The lowest BCUT2D eigenvalue weighted by atomic mass is 10.2. The molecule has 0 unspecified atom stereocenters. The summed E-state index contributed by atoms with van der Waals surface area (Å²) in [5.41, 5.74) is 0. The Hall–Kier alpha value is -0.790. The predicted molar refractivity (Wildman–Crippen MR) is 36.3 cm³/mol. The van der Waals surface area contributed by atoms with Crippen LogP contribution in [0.4, 0.5) is 0 Å². The van der Waals surface area contributed by atoms with Crippen LogP contribution < -0.4 is 0 Å². The molecule has 52 valence electrons. The number of carbonyl (C=O) groups excluding carboxylic acids is 1. The molecule has 0 aromatic carbocycles. The van der Waals surface area contributed by atoms with Crippen LogP contribution in [0.1, 0.15) is 26.2 Å². The molecule has 0 aliphatic rings. The number of carbonyl (C=O) groups is 1. The molecule has 0 aliphatic heterocycles. The van der Waals surface area contributed by atoms with Gasteiger partial charge in [0.1, 0.15) is 0 Å². The molecule has 0 saturated carbocycles. The minimum atomic E-state index is -0.000602. The number of hydrogen-bond donors (Lipinski definition) is 1. The normalized spacial score (nSPS) is 10.3. The van der Waals surface area contributed by atoms with E-state index in [2.05, 4.69) is 0 Å². The SMILES string of the molecule is CCCCC(=O)C=CO. The molecule has 0 radical (unpaired) electrons. The third-order valence-corrected chi connectivity index (χ3v) is 1.04. The van der Waals surface area contributed by atoms with E-state index in [1.54, 1.807) is 0 Å². The number of aliphatic hydroxyl groups excluding tert-OH is 1. The Kier molecular flexibility index (Phi) is 4.88. The summed E-state index contributed by atoms with van der Waals surface area (Å²) in [6.45, 7) is 2.02. The van der Waals surface area contributed by atoms with Crippen molar-refractivity contribution in [2.75, 3.05) is 0 Å². The smallest absolute Gasteiger partial charge is 0.158 e. The number of ketones is 1. The zero-order valence-electron chi connectivity index (χ0n) is 5.63. The van der Waals surface area contributed by atoms with E-state index in [4.69, 9.17) is 5.11 Å². The molecule has 0 heterocycles. The molecule has 2 nitrogen and oxygen atoms in total. The van der Waals surface area contributed by atoms with Crippen LogP contribution in [0.15, 0.2) is 12.3 Å². The summed E-state index contributed by atoms with van der Waals surface area (Å²) in [6.07, 6.45) is 4.45. The maximum atomic E-state index is 10.6. The van der Waals surface area contributed by atoms with E-state index < -0.39 is 0 Å². The van der Waals surface area contributed by atoms with E-state index in [-0.39, 0.29) is 5.78 Å². The van der Waals surface area contributed by atoms with Gasteiger partial charge in [-0.1, -0.05) is 13.3 Å². The van der Waals surface area contributed by atoms with Crippen LogP contribution in [-0.4, -0.2) is 10.9 Å². The van der Waals surface area contributed by atoms with Gasteiger partial charge in [0.05, 0.1) is 6.26 Å². The van der Waals surface area contributed by atoms with Gasteiger partial charge >= 0.3 is 0 Å². The first-order valence-corrected chi connectivity index (χ1v) is 3.14. The van der Waals surface area contributed by atoms with E-state index in [1.807, 2.05) is 6.92 Å². The molecule has 9 heavy (non-hydrogen) atoms. The Morgan fingerprint density at radius 2 is 2.33 bits per heavy atom. The van der Waals surface area contributed by atoms with Crippen molar-refractivity contribution in [2.24, 2.45) is 0 Å². The van der Waals surface area contributed by atoms with Gasteiger partial charge in [-0.3, -0.25) is 4.79 Å². The summed E-state index contributed by atoms with van der Waals surface area (Å²) in [6, 6.07) is 0. The quantitative estimate of drug-likeness (QED) is 0.463. The van der Waals surface area contributed by atoms with E-state index in [0.717, 1.165) is 19.1 Å². The predicted octanol–water partition coefficient (Wildman–Crippen LogP) is 1.82. The third kappa shape index (κ3) is 5.07. The highest BCUT2D eigenvalue weighted by atomic mass is 16.2. The molecule has 0 amide bonds. The van der Waals surface area contributed by atoms with Crippen molar-refractivity contribution in [3.63, 3.8) is 0 Å². The lowest BCUT2D eigenvalue weighted by Gasteiger charge is -1.88. The van der Waals surface area contributed by atoms with Crippen LogP contribution >= 0.6 is 0 Å². The Balaban J connectivity index is 3.27. The van der Waals surface area contributed by atoms with Gasteiger partial charge in [-0.15, -0.1) is 0 Å². The summed E-state index contributed by atoms with van der Waals surface area (Å²) < 4.78 is 0. The molecule has 2 heteroatoms. The molecule has 0 fully saturated rings. The average molecular weight is 128 g/mol. The molecule has 0 aliphatic carbocycles. The Morgan fingerprint density at radius 3 is 2.78 bits per heavy atom. The van der Waals surface area contributed by atoms with Crippen LogP contribution in [0.2, 0.25) is 0 Å². The number of aliphatic hydroxyl groups is 1. The van der Waals surface area contributed by atoms with Crippen LogP contribution in [-0.2, 0) is 4.79 Å². The van der Waals surface area contributed by atoms with Gasteiger partial charge in [-0.2, -0.15) is 0 Å². The van der Waals surface area contributed by atoms with Gasteiger partial charge in [-0.25, -0.2) is 0 Å². The highest BCUT2D eigenvalue weighted by Gasteiger charge is 1.92. The topological polar surface area (TPSA) is 37.3 Å². The van der Waals surface area contributed by atoms with E-state index in [0.29, 0.717) is 6.42 Å². The fraction of sp³-hybridized carbons (Fsp3) is 0.571. The molecule has 0 bridgehead atoms. The fourth-order valence-electron chi connectivity index (χ4n) is 0.517. The standard InChI is InChI=1S/C7H12O2/c1-2-3-4-7(9)5-6-8/h5-6,8H,2-4H2,1H3. The van der Waals surface area contributed by atoms with Gasteiger partial charge < -0.3 is 5.11 Å². The molecular formula is C7H12O2. The maximum Gasteiger partial charge on any atom is 0.158 e. The lowest BCUT2D eigenvalue weighted by Crippen LogP contribution is -1.90. The molecule has 1 N–H and O–H groups in total. The Bertz CT molecular complexity index is 105. The first-order valence-electron chi connectivity index (χ1n) is 3.14. The molecule has 0 atom stereocenters. The molecule has 0 aromatic heterocycles. The average Bonchev–Trinajstić information content (AvgIpc) is 1.85. The van der Waals surface area contributed by atoms with Crippen molar-refractivity contribution in [3.05, 3.63) is 12.3 Å². The number of rotatable bonds is 4. The van der Waals surface area contributed by atoms with Crippen LogP contribution in [0.3, 0.4) is 0 Å². The van der Waals surface area contributed by atoms with Crippen LogP contribution in [0.25, 0.3) is 0 Å². The van der Waals surface area contributed by atoms with Crippen molar-refractivity contribution in [3.8, 4) is 0 Å². The van der Waals surface area contributed by atoms with Crippen molar-refractivity contribution in [1.82, 2.24) is 0 Å². The van der Waals surface area contributed by atoms with E-state index in [1.165, 1.54) is 6.08 Å². The number of allylic oxidation sites excluding steroid dienone is 1. The molecule has 0 saturated heterocycles. The summed E-state index contributed by atoms with van der Waals surface area (Å²) in [5, 5.41) is 8.13. The van der Waals surface area contributed by atoms with Crippen molar-refractivity contribution < 1.29 is 9.90 Å². The van der Waals surface area contributed by atoms with Gasteiger partial charge in [0, 0.05) is 12.5 Å². The maximum absolute atomic E-state index is 10.6. The highest BCUT2D eigenvalue weighted by Crippen LogP contribution is 1.94. The zero-order chi connectivity index (χ0) is 7.11. The second-order valence-electron chi connectivity index (χ2n) is 1.89. The first-order chi connectivity index (χ1) is 4.31. The fourth-order valence-corrected chi connectivity index (χ4v) is 0.517. The van der Waals surface area contributed by atoms with Crippen molar-refractivity contribution >= 4 is 5.78 Å². The van der Waals surface area contributed by atoms with Crippen molar-refractivity contribution in [1.29, 1.82) is 0 Å². The van der Waals surface area contributed by atoms with Crippen molar-refractivity contribution in [2.45, 2.75) is 26.2 Å². The number of hydrogen-bond acceptors (Lipinski definition) is 2. The number of unbranched alkanes of at least 4 members (excludes halogenated alkanes) is 1. The van der Waals surface area contributed by atoms with E-state index >= 15 is 0 Å². The molecule has 0 rings (SSSR count). The van der Waals surface area contributed by atoms with Gasteiger partial charge in [0.2, 0.25) is 0 Å². The third-order valence-electron chi connectivity index (χ3n) is 1.04. The van der Waals surface area contributed by atoms with E-state index in [9.17, 15) is 4.79 Å². The Labute approximate surface area is 55.2 Å². The second kappa shape index (κ2) is 5.35. The summed E-state index contributed by atoms with van der Waals surface area (Å²) in [4.78, 5) is 10.6. The largest absolute Gasteiger partial charge is 0.515 e. The second-order valence-corrected chi connectivity index (χ2v) is 1.89. The first kappa shape index (κ1) is 8.21. The molecule has 0 spiro atoms. The molecular weight excluding hydrogens is 116 g/mol.